The summed E-state index contributed by atoms with van der Waals surface area (Å²) < 4.78 is 10.1. The Kier molecular flexibility index (Phi) is 3.03. The first kappa shape index (κ1) is 12.7. The Bertz CT molecular complexity index is 782. The van der Waals surface area contributed by atoms with E-state index in [-0.39, 0.29) is 23.2 Å². The standard InChI is InChI=1S/C11H8N6O4/c1-20-8-4-6(2-3-7(8)17(18)19)11-14-10(16-21-11)9-12-5-13-15-9/h2-5H,1H3,(H,12,13,15). The maximum atomic E-state index is 10.8. The molecule has 3 rings (SSSR count). The fourth-order valence-electron chi connectivity index (χ4n) is 1.71. The topological polar surface area (TPSA) is 133 Å². The largest absolute Gasteiger partial charge is 0.490 e. The van der Waals surface area contributed by atoms with Crippen molar-refractivity contribution in [2.75, 3.05) is 7.11 Å². The van der Waals surface area contributed by atoms with Crippen LogP contribution in [-0.4, -0.2) is 37.4 Å². The summed E-state index contributed by atoms with van der Waals surface area (Å²) in [6.07, 6.45) is 1.32. The summed E-state index contributed by atoms with van der Waals surface area (Å²) in [5.74, 6) is 0.894. The molecule has 0 spiro atoms. The van der Waals surface area contributed by atoms with E-state index in [0.29, 0.717) is 11.4 Å². The number of hydrogen-bond donors (Lipinski definition) is 1. The molecule has 1 aromatic carbocycles. The van der Waals surface area contributed by atoms with Crippen molar-refractivity contribution in [3.05, 3.63) is 34.6 Å². The molecule has 0 fully saturated rings. The van der Waals surface area contributed by atoms with Crippen LogP contribution in [0, 0.1) is 10.1 Å². The van der Waals surface area contributed by atoms with E-state index < -0.39 is 4.92 Å². The number of hydrogen-bond acceptors (Lipinski definition) is 8. The highest BCUT2D eigenvalue weighted by atomic mass is 16.6. The Hall–Kier alpha value is -3.30. The number of H-pyrrole nitrogens is 1. The second-order valence-electron chi connectivity index (χ2n) is 3.90. The molecule has 0 saturated carbocycles. The molecule has 1 N–H and O–H groups in total. The van der Waals surface area contributed by atoms with E-state index in [1.165, 1.54) is 31.6 Å². The molecule has 0 aliphatic rings. The third-order valence-electron chi connectivity index (χ3n) is 2.68. The molecule has 0 saturated heterocycles. The molecule has 0 atom stereocenters. The van der Waals surface area contributed by atoms with E-state index in [1.54, 1.807) is 0 Å². The number of aromatic nitrogens is 5. The van der Waals surface area contributed by atoms with Gasteiger partial charge in [-0.05, 0) is 6.07 Å². The van der Waals surface area contributed by atoms with Gasteiger partial charge in [-0.15, -0.1) is 0 Å². The SMILES string of the molecule is COc1cc(-c2nc(-c3ncn[nH]3)no2)ccc1[N+](=O)[O-]. The van der Waals surface area contributed by atoms with E-state index in [0.717, 1.165) is 0 Å². The Morgan fingerprint density at radius 1 is 1.43 bits per heavy atom. The molecule has 2 heterocycles. The number of nitro groups is 1. The van der Waals surface area contributed by atoms with Crippen molar-refractivity contribution >= 4 is 5.69 Å². The summed E-state index contributed by atoms with van der Waals surface area (Å²) in [5.41, 5.74) is 0.354. The van der Waals surface area contributed by atoms with Crippen molar-refractivity contribution < 1.29 is 14.2 Å². The number of nitrogens with zero attached hydrogens (tertiary/aromatic N) is 5. The maximum absolute atomic E-state index is 10.8. The quantitative estimate of drug-likeness (QED) is 0.563. The summed E-state index contributed by atoms with van der Waals surface area (Å²) in [6, 6.07) is 4.26. The lowest BCUT2D eigenvalue weighted by atomic mass is 10.2. The van der Waals surface area contributed by atoms with Crippen molar-refractivity contribution in [1.29, 1.82) is 0 Å². The van der Waals surface area contributed by atoms with Crippen LogP contribution in [0.4, 0.5) is 5.69 Å². The van der Waals surface area contributed by atoms with Crippen molar-refractivity contribution in [3.63, 3.8) is 0 Å². The van der Waals surface area contributed by atoms with E-state index in [1.807, 2.05) is 0 Å². The third kappa shape index (κ3) is 2.29. The molecule has 106 valence electrons. The highest BCUT2D eigenvalue weighted by molar-refractivity contribution is 5.63. The Morgan fingerprint density at radius 3 is 2.95 bits per heavy atom. The average Bonchev–Trinajstić information content (AvgIpc) is 3.17. The van der Waals surface area contributed by atoms with E-state index in [9.17, 15) is 10.1 Å². The van der Waals surface area contributed by atoms with Crippen LogP contribution in [0.3, 0.4) is 0 Å². The lowest BCUT2D eigenvalue weighted by Crippen LogP contribution is -1.94. The number of ether oxygens (including phenoxy) is 1. The van der Waals surface area contributed by atoms with Crippen LogP contribution in [0.15, 0.2) is 29.0 Å². The van der Waals surface area contributed by atoms with Gasteiger partial charge in [0.25, 0.3) is 5.89 Å². The zero-order chi connectivity index (χ0) is 14.8. The van der Waals surface area contributed by atoms with Gasteiger partial charge in [0.05, 0.1) is 12.0 Å². The van der Waals surface area contributed by atoms with Gasteiger partial charge in [-0.3, -0.25) is 15.2 Å². The van der Waals surface area contributed by atoms with Crippen molar-refractivity contribution in [3.8, 4) is 28.9 Å². The molecule has 10 nitrogen and oxygen atoms in total. The lowest BCUT2D eigenvalue weighted by molar-refractivity contribution is -0.385. The third-order valence-corrected chi connectivity index (χ3v) is 2.68. The molecule has 0 amide bonds. The number of methoxy groups -OCH3 is 1. The molecule has 0 bridgehead atoms. The van der Waals surface area contributed by atoms with Gasteiger partial charge in [-0.25, -0.2) is 4.98 Å². The molecular formula is C11H8N6O4. The van der Waals surface area contributed by atoms with Crippen molar-refractivity contribution in [2.24, 2.45) is 0 Å². The van der Waals surface area contributed by atoms with E-state index in [4.69, 9.17) is 9.26 Å². The first-order valence-electron chi connectivity index (χ1n) is 5.71. The van der Waals surface area contributed by atoms with Crippen molar-refractivity contribution in [2.45, 2.75) is 0 Å². The normalized spacial score (nSPS) is 10.5. The fraction of sp³-hybridized carbons (Fsp3) is 0.0909. The van der Waals surface area contributed by atoms with Crippen LogP contribution in [0.5, 0.6) is 5.75 Å². The summed E-state index contributed by atoms with van der Waals surface area (Å²) in [5, 5.41) is 20.9. The van der Waals surface area contributed by atoms with Gasteiger partial charge < -0.3 is 9.26 Å². The van der Waals surface area contributed by atoms with Gasteiger partial charge in [0, 0.05) is 17.7 Å². The maximum Gasteiger partial charge on any atom is 0.310 e. The predicted molar refractivity (Wildman–Crippen MR) is 68.3 cm³/mol. The second kappa shape index (κ2) is 5.00. The molecule has 3 aromatic rings. The summed E-state index contributed by atoms with van der Waals surface area (Å²) in [6.45, 7) is 0. The molecule has 21 heavy (non-hydrogen) atoms. The highest BCUT2D eigenvalue weighted by Gasteiger charge is 2.18. The molecule has 0 aliphatic heterocycles. The molecule has 2 aromatic heterocycles. The van der Waals surface area contributed by atoms with Gasteiger partial charge in [-0.2, -0.15) is 10.1 Å². The number of rotatable bonds is 4. The summed E-state index contributed by atoms with van der Waals surface area (Å²) >= 11 is 0. The molecular weight excluding hydrogens is 280 g/mol. The number of nitrogens with one attached hydrogen (secondary N) is 1. The zero-order valence-electron chi connectivity index (χ0n) is 10.7. The van der Waals surface area contributed by atoms with E-state index in [2.05, 4.69) is 25.3 Å². The molecule has 10 heteroatoms. The summed E-state index contributed by atoms with van der Waals surface area (Å²) in [7, 11) is 1.35. The molecule has 0 aliphatic carbocycles. The average molecular weight is 288 g/mol. The first-order chi connectivity index (χ1) is 10.2. The molecule has 0 unspecified atom stereocenters. The Labute approximate surface area is 116 Å². The summed E-state index contributed by atoms with van der Waals surface area (Å²) in [4.78, 5) is 18.3. The van der Waals surface area contributed by atoms with Gasteiger partial charge in [0.2, 0.25) is 5.82 Å². The highest BCUT2D eigenvalue weighted by Crippen LogP contribution is 2.31. The minimum atomic E-state index is -0.531. The second-order valence-corrected chi connectivity index (χ2v) is 3.90. The van der Waals surface area contributed by atoms with Crippen LogP contribution < -0.4 is 4.74 Å². The minimum absolute atomic E-state index is 0.108. The number of benzene rings is 1. The predicted octanol–water partition coefficient (Wildman–Crippen LogP) is 1.44. The minimum Gasteiger partial charge on any atom is -0.490 e. The fourth-order valence-corrected chi connectivity index (χ4v) is 1.71. The smallest absolute Gasteiger partial charge is 0.310 e. The van der Waals surface area contributed by atoms with Gasteiger partial charge in [0.15, 0.2) is 11.6 Å². The van der Waals surface area contributed by atoms with Gasteiger partial charge in [-0.1, -0.05) is 5.16 Å². The van der Waals surface area contributed by atoms with E-state index >= 15 is 0 Å². The monoisotopic (exact) mass is 288 g/mol. The zero-order valence-corrected chi connectivity index (χ0v) is 10.7. The van der Waals surface area contributed by atoms with Crippen molar-refractivity contribution in [1.82, 2.24) is 25.3 Å². The van der Waals surface area contributed by atoms with Crippen LogP contribution in [-0.2, 0) is 0 Å². The molecule has 0 radical (unpaired) electrons. The van der Waals surface area contributed by atoms with Gasteiger partial charge in [0.1, 0.15) is 6.33 Å². The van der Waals surface area contributed by atoms with Crippen LogP contribution in [0.25, 0.3) is 23.1 Å². The van der Waals surface area contributed by atoms with Crippen LogP contribution in [0.2, 0.25) is 0 Å². The van der Waals surface area contributed by atoms with Crippen LogP contribution in [0.1, 0.15) is 0 Å². The Balaban J connectivity index is 1.99. The van der Waals surface area contributed by atoms with Crippen LogP contribution >= 0.6 is 0 Å². The lowest BCUT2D eigenvalue weighted by Gasteiger charge is -2.02. The first-order valence-corrected chi connectivity index (χ1v) is 5.71. The van der Waals surface area contributed by atoms with Gasteiger partial charge >= 0.3 is 5.69 Å². The number of aromatic amines is 1. The number of nitro benzene ring substituents is 1. The Morgan fingerprint density at radius 2 is 2.29 bits per heavy atom.